The van der Waals surface area contributed by atoms with E-state index in [1.54, 1.807) is 7.05 Å². The minimum atomic E-state index is -1.12. The summed E-state index contributed by atoms with van der Waals surface area (Å²) in [5.41, 5.74) is 0.143. The zero-order chi connectivity index (χ0) is 16.9. The molecule has 0 amide bonds. The first-order valence-electron chi connectivity index (χ1n) is 6.36. The average molecular weight is 394 g/mol. The number of hydrogen-bond acceptors (Lipinski definition) is 4. The van der Waals surface area contributed by atoms with Gasteiger partial charge in [-0.15, -0.1) is 0 Å². The van der Waals surface area contributed by atoms with Crippen LogP contribution in [0.5, 0.6) is 0 Å². The van der Waals surface area contributed by atoms with E-state index in [0.29, 0.717) is 9.50 Å². The van der Waals surface area contributed by atoms with Crippen LogP contribution in [0, 0.1) is 5.82 Å². The van der Waals surface area contributed by atoms with Gasteiger partial charge in [0.15, 0.2) is 0 Å². The summed E-state index contributed by atoms with van der Waals surface area (Å²) in [5, 5.41) is 14.2. The molecule has 1 rings (SSSR count). The largest absolute Gasteiger partial charge is 0.477 e. The minimum Gasteiger partial charge on any atom is -0.477 e. The summed E-state index contributed by atoms with van der Waals surface area (Å²) in [5.74, 6) is -1.82. The third-order valence-corrected chi connectivity index (χ3v) is 4.31. The molecule has 0 fully saturated rings. The normalized spacial score (nSPS) is 11.4. The van der Waals surface area contributed by atoms with E-state index in [0.717, 1.165) is 0 Å². The van der Waals surface area contributed by atoms with Crippen LogP contribution in [0.4, 0.5) is 4.39 Å². The van der Waals surface area contributed by atoms with Crippen molar-refractivity contribution in [1.82, 2.24) is 5.01 Å². The zero-order valence-corrected chi connectivity index (χ0v) is 14.4. The van der Waals surface area contributed by atoms with Gasteiger partial charge >= 0.3 is 5.97 Å². The highest BCUT2D eigenvalue weighted by Crippen LogP contribution is 2.29. The molecule has 0 atom stereocenters. The molecule has 0 aromatic heterocycles. The predicted octanol–water partition coefficient (Wildman–Crippen LogP) is 3.14. The van der Waals surface area contributed by atoms with Crippen LogP contribution in [0.25, 0.3) is 0 Å². The van der Waals surface area contributed by atoms with Crippen molar-refractivity contribution in [2.24, 2.45) is 5.10 Å². The molecule has 0 aliphatic carbocycles. The Labute approximate surface area is 140 Å². The second kappa shape index (κ2) is 8.24. The molecule has 5 nitrogen and oxygen atoms in total. The molecule has 0 aliphatic heterocycles. The smallest absolute Gasteiger partial charge is 0.351 e. The molecular formula is C14H15BrClFN2O3. The third kappa shape index (κ3) is 5.38. The number of carboxylic acids is 1. The SMILES string of the molecule is CC(=NN(C)CCC(=O)Cc1c(F)ccc(Cl)c1Br)C(=O)O. The van der Waals surface area contributed by atoms with E-state index in [1.807, 2.05) is 0 Å². The Balaban J connectivity index is 2.63. The van der Waals surface area contributed by atoms with Gasteiger partial charge in [-0.05, 0) is 35.0 Å². The lowest BCUT2D eigenvalue weighted by molar-refractivity contribution is -0.129. The molecule has 0 heterocycles. The van der Waals surface area contributed by atoms with Gasteiger partial charge in [-0.25, -0.2) is 9.18 Å². The molecule has 0 unspecified atom stereocenters. The standard InChI is InChI=1S/C14H15BrClFN2O3/c1-8(14(21)22)18-19(2)6-5-9(20)7-10-12(17)4-3-11(16)13(10)15/h3-4H,5-7H2,1-2H3,(H,21,22). The van der Waals surface area contributed by atoms with Crippen LogP contribution < -0.4 is 0 Å². The van der Waals surface area contributed by atoms with Crippen LogP contribution in [0.3, 0.4) is 0 Å². The highest BCUT2D eigenvalue weighted by molar-refractivity contribution is 9.10. The Bertz CT molecular complexity index is 622. The molecule has 1 aromatic rings. The number of carbonyl (C=O) groups is 2. The number of hydrazone groups is 1. The van der Waals surface area contributed by atoms with Gasteiger partial charge in [0, 0.05) is 36.5 Å². The number of benzene rings is 1. The number of Topliss-reactive ketones (excluding diaryl/α,β-unsaturated/α-hetero) is 1. The maximum Gasteiger partial charge on any atom is 0.351 e. The van der Waals surface area contributed by atoms with Crippen molar-refractivity contribution >= 4 is 45.0 Å². The lowest BCUT2D eigenvalue weighted by atomic mass is 10.1. The molecule has 1 aromatic carbocycles. The lowest BCUT2D eigenvalue weighted by Crippen LogP contribution is -2.21. The second-order valence-electron chi connectivity index (χ2n) is 4.66. The van der Waals surface area contributed by atoms with Crippen LogP contribution in [-0.2, 0) is 16.0 Å². The average Bonchev–Trinajstić information content (AvgIpc) is 2.45. The Morgan fingerprint density at radius 1 is 1.45 bits per heavy atom. The molecule has 0 radical (unpaired) electrons. The Kier molecular flexibility index (Phi) is 6.96. The van der Waals surface area contributed by atoms with Gasteiger partial charge in [-0.3, -0.25) is 9.80 Å². The van der Waals surface area contributed by atoms with Crippen molar-refractivity contribution in [1.29, 1.82) is 0 Å². The summed E-state index contributed by atoms with van der Waals surface area (Å²) in [6, 6.07) is 2.62. The number of carboxylic acid groups (broad SMARTS) is 1. The Morgan fingerprint density at radius 2 is 2.09 bits per heavy atom. The Morgan fingerprint density at radius 3 is 2.68 bits per heavy atom. The van der Waals surface area contributed by atoms with Crippen molar-refractivity contribution in [3.05, 3.63) is 33.0 Å². The van der Waals surface area contributed by atoms with Gasteiger partial charge in [0.1, 0.15) is 17.3 Å². The van der Waals surface area contributed by atoms with Crippen molar-refractivity contribution in [2.45, 2.75) is 19.8 Å². The fourth-order valence-electron chi connectivity index (χ4n) is 1.65. The summed E-state index contributed by atoms with van der Waals surface area (Å²) in [7, 11) is 1.57. The van der Waals surface area contributed by atoms with Crippen LogP contribution in [0.2, 0.25) is 5.02 Å². The lowest BCUT2D eigenvalue weighted by Gasteiger charge is -2.13. The van der Waals surface area contributed by atoms with Gasteiger partial charge in [0.05, 0.1) is 5.02 Å². The third-order valence-electron chi connectivity index (χ3n) is 2.86. The topological polar surface area (TPSA) is 70.0 Å². The summed E-state index contributed by atoms with van der Waals surface area (Å²) in [4.78, 5) is 22.6. The number of carbonyl (C=O) groups excluding carboxylic acids is 1. The van der Waals surface area contributed by atoms with E-state index in [1.165, 1.54) is 24.1 Å². The molecule has 8 heteroatoms. The fraction of sp³-hybridized carbons (Fsp3) is 0.357. The molecule has 0 saturated carbocycles. The first-order chi connectivity index (χ1) is 10.2. The highest BCUT2D eigenvalue weighted by atomic mass is 79.9. The van der Waals surface area contributed by atoms with Crippen LogP contribution in [-0.4, -0.2) is 41.2 Å². The number of rotatable bonds is 7. The van der Waals surface area contributed by atoms with Crippen molar-refractivity contribution in [3.63, 3.8) is 0 Å². The van der Waals surface area contributed by atoms with E-state index in [2.05, 4.69) is 21.0 Å². The van der Waals surface area contributed by atoms with Gasteiger partial charge in [0.2, 0.25) is 0 Å². The van der Waals surface area contributed by atoms with Crippen molar-refractivity contribution in [2.75, 3.05) is 13.6 Å². The van der Waals surface area contributed by atoms with E-state index in [9.17, 15) is 14.0 Å². The fourth-order valence-corrected chi connectivity index (χ4v) is 2.29. The molecule has 22 heavy (non-hydrogen) atoms. The Hall–Kier alpha value is -1.47. The molecular weight excluding hydrogens is 379 g/mol. The van der Waals surface area contributed by atoms with Crippen molar-refractivity contribution < 1.29 is 19.1 Å². The van der Waals surface area contributed by atoms with Crippen molar-refractivity contribution in [3.8, 4) is 0 Å². The van der Waals surface area contributed by atoms with E-state index in [-0.39, 0.29) is 36.4 Å². The molecule has 1 N–H and O–H groups in total. The van der Waals surface area contributed by atoms with E-state index >= 15 is 0 Å². The molecule has 0 spiro atoms. The maximum absolute atomic E-state index is 13.7. The van der Waals surface area contributed by atoms with Crippen LogP contribution in [0.1, 0.15) is 18.9 Å². The summed E-state index contributed by atoms with van der Waals surface area (Å²) in [6.07, 6.45) is 0.0216. The number of aliphatic carboxylic acids is 1. The maximum atomic E-state index is 13.7. The summed E-state index contributed by atoms with van der Waals surface area (Å²) >= 11 is 9.04. The summed E-state index contributed by atoms with van der Waals surface area (Å²) in [6.45, 7) is 1.60. The van der Waals surface area contributed by atoms with Crippen LogP contribution >= 0.6 is 27.5 Å². The number of halogens is 3. The summed E-state index contributed by atoms with van der Waals surface area (Å²) < 4.78 is 14.1. The monoisotopic (exact) mass is 392 g/mol. The first kappa shape index (κ1) is 18.6. The molecule has 120 valence electrons. The van der Waals surface area contributed by atoms with E-state index < -0.39 is 11.8 Å². The highest BCUT2D eigenvalue weighted by Gasteiger charge is 2.15. The number of ketones is 1. The zero-order valence-electron chi connectivity index (χ0n) is 12.1. The molecule has 0 saturated heterocycles. The second-order valence-corrected chi connectivity index (χ2v) is 5.86. The number of nitrogens with zero attached hydrogens (tertiary/aromatic N) is 2. The van der Waals surface area contributed by atoms with Gasteiger partial charge in [-0.1, -0.05) is 11.6 Å². The van der Waals surface area contributed by atoms with Crippen LogP contribution in [0.15, 0.2) is 21.7 Å². The quantitative estimate of drug-likeness (QED) is 0.439. The first-order valence-corrected chi connectivity index (χ1v) is 7.53. The molecule has 0 aliphatic rings. The minimum absolute atomic E-state index is 0.0708. The molecule has 0 bridgehead atoms. The van der Waals surface area contributed by atoms with Gasteiger partial charge in [0.25, 0.3) is 0 Å². The van der Waals surface area contributed by atoms with Gasteiger partial charge < -0.3 is 5.11 Å². The van der Waals surface area contributed by atoms with E-state index in [4.69, 9.17) is 16.7 Å². The predicted molar refractivity (Wildman–Crippen MR) is 85.8 cm³/mol. The van der Waals surface area contributed by atoms with Gasteiger partial charge in [-0.2, -0.15) is 5.10 Å². The number of hydrogen-bond donors (Lipinski definition) is 1.